The Morgan fingerprint density at radius 2 is 1.70 bits per heavy atom. The highest BCUT2D eigenvalue weighted by Gasteiger charge is 2.07. The first-order chi connectivity index (χ1) is 14.5. The summed E-state index contributed by atoms with van der Waals surface area (Å²) >= 11 is 0. The topological polar surface area (TPSA) is 47.6 Å². The molecule has 1 N–H and O–H groups in total. The van der Waals surface area contributed by atoms with Gasteiger partial charge in [0.1, 0.15) is 6.61 Å². The molecule has 30 heavy (non-hydrogen) atoms. The Morgan fingerprint density at radius 3 is 2.43 bits per heavy atom. The Hall–Kier alpha value is -3.53. The molecule has 0 aromatic heterocycles. The van der Waals surface area contributed by atoms with Crippen LogP contribution in [0.4, 0.5) is 5.69 Å². The van der Waals surface area contributed by atoms with Crippen LogP contribution in [-0.2, 0) is 11.4 Å². The van der Waals surface area contributed by atoms with Gasteiger partial charge < -0.3 is 14.8 Å². The highest BCUT2D eigenvalue weighted by Crippen LogP contribution is 2.29. The third-order valence-electron chi connectivity index (χ3n) is 5.03. The summed E-state index contributed by atoms with van der Waals surface area (Å²) in [5, 5.41) is 2.88. The molecule has 0 aliphatic rings. The lowest BCUT2D eigenvalue weighted by molar-refractivity contribution is -0.111. The Morgan fingerprint density at radius 1 is 0.900 bits per heavy atom. The van der Waals surface area contributed by atoms with Crippen LogP contribution < -0.4 is 14.8 Å². The Labute approximate surface area is 178 Å². The third-order valence-corrected chi connectivity index (χ3v) is 5.03. The molecule has 0 saturated carbocycles. The molecule has 0 atom stereocenters. The summed E-state index contributed by atoms with van der Waals surface area (Å²) in [7, 11) is 1.61. The molecular weight excluding hydrogens is 374 g/mol. The van der Waals surface area contributed by atoms with Crippen molar-refractivity contribution in [3.05, 3.63) is 94.6 Å². The average molecular weight is 402 g/mol. The molecule has 0 spiro atoms. The van der Waals surface area contributed by atoms with Gasteiger partial charge in [0.05, 0.1) is 7.11 Å². The Balaban J connectivity index is 1.65. The lowest BCUT2D eigenvalue weighted by Crippen LogP contribution is -2.07. The van der Waals surface area contributed by atoms with E-state index in [-0.39, 0.29) is 5.91 Å². The molecule has 1 amide bonds. The van der Waals surface area contributed by atoms with Gasteiger partial charge >= 0.3 is 0 Å². The zero-order valence-electron chi connectivity index (χ0n) is 17.9. The molecule has 0 aliphatic heterocycles. The number of ether oxygens (including phenoxy) is 2. The van der Waals surface area contributed by atoms with Crippen molar-refractivity contribution in [3.63, 3.8) is 0 Å². The largest absolute Gasteiger partial charge is 0.493 e. The molecule has 0 aliphatic carbocycles. The van der Waals surface area contributed by atoms with Crippen molar-refractivity contribution in [1.29, 1.82) is 0 Å². The van der Waals surface area contributed by atoms with E-state index in [1.54, 1.807) is 13.2 Å². The maximum absolute atomic E-state index is 12.2. The van der Waals surface area contributed by atoms with Crippen LogP contribution in [0.5, 0.6) is 11.5 Å². The van der Waals surface area contributed by atoms with E-state index in [4.69, 9.17) is 9.47 Å². The van der Waals surface area contributed by atoms with Gasteiger partial charge in [-0.05, 0) is 78.9 Å². The van der Waals surface area contributed by atoms with Crippen molar-refractivity contribution in [2.24, 2.45) is 0 Å². The Kier molecular flexibility index (Phi) is 6.91. The number of amides is 1. The molecule has 0 unspecified atom stereocenters. The van der Waals surface area contributed by atoms with Crippen LogP contribution in [0.1, 0.15) is 27.8 Å². The van der Waals surface area contributed by atoms with Gasteiger partial charge in [-0.1, -0.05) is 36.4 Å². The van der Waals surface area contributed by atoms with Crippen molar-refractivity contribution in [2.45, 2.75) is 27.4 Å². The van der Waals surface area contributed by atoms with Gasteiger partial charge in [-0.3, -0.25) is 4.79 Å². The molecule has 4 nitrogen and oxygen atoms in total. The fraction of sp³-hybridized carbons (Fsp3) is 0.192. The number of hydrogen-bond acceptors (Lipinski definition) is 3. The second-order valence-electron chi connectivity index (χ2n) is 7.25. The molecule has 0 fully saturated rings. The summed E-state index contributed by atoms with van der Waals surface area (Å²) in [6.45, 7) is 6.60. The van der Waals surface area contributed by atoms with Crippen molar-refractivity contribution in [3.8, 4) is 11.5 Å². The minimum atomic E-state index is -0.183. The number of nitrogens with one attached hydrogen (secondary N) is 1. The molecule has 0 bridgehead atoms. The summed E-state index contributed by atoms with van der Waals surface area (Å²) in [6.07, 6.45) is 3.27. The van der Waals surface area contributed by atoms with Gasteiger partial charge in [-0.15, -0.1) is 0 Å². The monoisotopic (exact) mass is 401 g/mol. The number of methoxy groups -OCH3 is 1. The minimum absolute atomic E-state index is 0.183. The van der Waals surface area contributed by atoms with Gasteiger partial charge in [0.15, 0.2) is 11.5 Å². The van der Waals surface area contributed by atoms with Crippen molar-refractivity contribution < 1.29 is 14.3 Å². The maximum atomic E-state index is 12.2. The summed E-state index contributed by atoms with van der Waals surface area (Å²) in [6, 6.07) is 19.6. The van der Waals surface area contributed by atoms with E-state index in [0.29, 0.717) is 18.1 Å². The Bertz CT molecular complexity index is 1070. The molecule has 3 rings (SSSR count). The lowest BCUT2D eigenvalue weighted by atomic mass is 10.1. The van der Waals surface area contributed by atoms with Crippen molar-refractivity contribution >= 4 is 17.7 Å². The molecule has 3 aromatic rings. The van der Waals surface area contributed by atoms with Crippen LogP contribution in [0.15, 0.2) is 66.7 Å². The van der Waals surface area contributed by atoms with E-state index in [1.807, 2.05) is 68.4 Å². The summed E-state index contributed by atoms with van der Waals surface area (Å²) in [4.78, 5) is 12.2. The summed E-state index contributed by atoms with van der Waals surface area (Å²) in [5.74, 6) is 1.11. The first kappa shape index (κ1) is 21.2. The number of anilines is 1. The lowest BCUT2D eigenvalue weighted by Gasteiger charge is -2.12. The second kappa shape index (κ2) is 9.79. The van der Waals surface area contributed by atoms with E-state index in [2.05, 4.69) is 18.3 Å². The molecule has 0 saturated heterocycles. The first-order valence-corrected chi connectivity index (χ1v) is 9.88. The van der Waals surface area contributed by atoms with Gasteiger partial charge in [0.25, 0.3) is 0 Å². The van der Waals surface area contributed by atoms with Gasteiger partial charge in [-0.2, -0.15) is 0 Å². The highest BCUT2D eigenvalue weighted by molar-refractivity contribution is 6.02. The standard InChI is InChI=1S/C26H27NO3/c1-18-9-12-23(15-20(18)3)27-26(28)14-11-21-10-13-24(25(16-21)29-4)30-17-22-8-6-5-7-19(22)2/h5-16H,17H2,1-4H3,(H,27,28)/b14-11+. The number of aryl methyl sites for hydroxylation is 3. The van der Waals surface area contributed by atoms with Crippen LogP contribution >= 0.6 is 0 Å². The quantitative estimate of drug-likeness (QED) is 0.505. The zero-order valence-corrected chi connectivity index (χ0v) is 17.9. The molecule has 154 valence electrons. The zero-order chi connectivity index (χ0) is 21.5. The van der Waals surface area contributed by atoms with Crippen molar-refractivity contribution in [1.82, 2.24) is 0 Å². The van der Waals surface area contributed by atoms with E-state index in [1.165, 1.54) is 17.2 Å². The fourth-order valence-electron chi connectivity index (χ4n) is 3.01. The molecule has 3 aromatic carbocycles. The number of benzene rings is 3. The van der Waals surface area contributed by atoms with E-state index in [9.17, 15) is 4.79 Å². The van der Waals surface area contributed by atoms with E-state index in [0.717, 1.165) is 22.4 Å². The summed E-state index contributed by atoms with van der Waals surface area (Å²) < 4.78 is 11.4. The van der Waals surface area contributed by atoms with Crippen LogP contribution in [0.3, 0.4) is 0 Å². The number of carbonyl (C=O) groups excluding carboxylic acids is 1. The fourth-order valence-corrected chi connectivity index (χ4v) is 3.01. The van der Waals surface area contributed by atoms with Crippen LogP contribution in [0.25, 0.3) is 6.08 Å². The third kappa shape index (κ3) is 5.51. The van der Waals surface area contributed by atoms with Gasteiger partial charge in [0, 0.05) is 11.8 Å². The first-order valence-electron chi connectivity index (χ1n) is 9.88. The van der Waals surface area contributed by atoms with Crippen LogP contribution in [0.2, 0.25) is 0 Å². The normalized spacial score (nSPS) is 10.8. The summed E-state index contributed by atoms with van der Waals surface area (Å²) in [5.41, 5.74) is 6.29. The molecular formula is C26H27NO3. The molecule has 0 heterocycles. The average Bonchev–Trinajstić information content (AvgIpc) is 2.74. The van der Waals surface area contributed by atoms with Crippen LogP contribution in [0, 0.1) is 20.8 Å². The maximum Gasteiger partial charge on any atom is 0.248 e. The van der Waals surface area contributed by atoms with Gasteiger partial charge in [-0.25, -0.2) is 0 Å². The highest BCUT2D eigenvalue weighted by atomic mass is 16.5. The number of hydrogen-bond donors (Lipinski definition) is 1. The molecule has 0 radical (unpaired) electrons. The predicted molar refractivity (Wildman–Crippen MR) is 122 cm³/mol. The smallest absolute Gasteiger partial charge is 0.248 e. The van der Waals surface area contributed by atoms with Crippen LogP contribution in [-0.4, -0.2) is 13.0 Å². The SMILES string of the molecule is COc1cc(/C=C/C(=O)Nc2ccc(C)c(C)c2)ccc1OCc1ccccc1C. The number of carbonyl (C=O) groups is 1. The van der Waals surface area contributed by atoms with E-state index < -0.39 is 0 Å². The predicted octanol–water partition coefficient (Wildman–Crippen LogP) is 5.85. The number of rotatable bonds is 7. The van der Waals surface area contributed by atoms with Gasteiger partial charge in [0.2, 0.25) is 5.91 Å². The van der Waals surface area contributed by atoms with Crippen molar-refractivity contribution in [2.75, 3.05) is 12.4 Å². The minimum Gasteiger partial charge on any atom is -0.493 e. The molecule has 4 heteroatoms. The second-order valence-corrected chi connectivity index (χ2v) is 7.25. The van der Waals surface area contributed by atoms with E-state index >= 15 is 0 Å².